The van der Waals surface area contributed by atoms with Gasteiger partial charge in [0.15, 0.2) is 6.10 Å². The number of benzene rings is 3. The lowest BCUT2D eigenvalue weighted by atomic mass is 9.76. The summed E-state index contributed by atoms with van der Waals surface area (Å²) in [7, 11) is 0. The molecule has 1 atom stereocenters. The minimum absolute atomic E-state index is 0.00993. The molecule has 0 aliphatic heterocycles. The van der Waals surface area contributed by atoms with E-state index in [4.69, 9.17) is 4.74 Å². The van der Waals surface area contributed by atoms with Crippen LogP contribution in [-0.4, -0.2) is 55.1 Å². The first kappa shape index (κ1) is 42.3. The number of para-hydroxylation sites is 3. The van der Waals surface area contributed by atoms with Crippen LogP contribution in [0, 0.1) is 0 Å². The number of amides is 1. The molecule has 56 heavy (non-hydrogen) atoms. The van der Waals surface area contributed by atoms with Gasteiger partial charge in [0.2, 0.25) is 5.16 Å². The number of carbonyl (C=O) groups excluding carboxylic acids is 1. The largest absolute Gasteiger partial charge is 0.480 e. The molecule has 0 saturated heterocycles. The molecule has 0 aliphatic rings. The molecule has 11 nitrogen and oxygen atoms in total. The van der Waals surface area contributed by atoms with Crippen LogP contribution in [0.25, 0.3) is 11.4 Å². The van der Waals surface area contributed by atoms with Crippen LogP contribution in [0.4, 0.5) is 11.5 Å². The molecule has 2 N–H and O–H groups in total. The molecule has 0 spiro atoms. The molecule has 5 aromatic rings. The lowest BCUT2D eigenvalue weighted by molar-refractivity contribution is -0.122. The van der Waals surface area contributed by atoms with Crippen LogP contribution in [0.15, 0.2) is 87.6 Å². The highest BCUT2D eigenvalue weighted by atomic mass is 32.2. The number of H-pyrrole nitrogens is 1. The van der Waals surface area contributed by atoms with Crippen molar-refractivity contribution in [2.75, 3.05) is 23.3 Å². The number of tetrazole rings is 1. The number of hydrogen-bond acceptors (Lipinski definition) is 8. The third-order valence-electron chi connectivity index (χ3n) is 10.9. The molecule has 0 bridgehead atoms. The SMILES string of the molecule is CCCCN(CCCC)c1[nH]n(-c2ccccc2NC(=O)C(CC)Oc2ccc(C(C)(C)CC)cc2C(C)(C)CC)c(=O)c1Sc1nnnn1-c1ccccc1. The van der Waals surface area contributed by atoms with Crippen LogP contribution in [0.1, 0.15) is 118 Å². The Kier molecular flexibility index (Phi) is 14.3. The Morgan fingerprint density at radius 1 is 0.893 bits per heavy atom. The molecule has 1 amide bonds. The maximum atomic E-state index is 14.6. The van der Waals surface area contributed by atoms with Gasteiger partial charge in [0.25, 0.3) is 11.5 Å². The summed E-state index contributed by atoms with van der Waals surface area (Å²) in [5.41, 5.74) is 3.72. The summed E-state index contributed by atoms with van der Waals surface area (Å²) in [4.78, 5) is 31.5. The van der Waals surface area contributed by atoms with E-state index in [0.717, 1.165) is 62.9 Å². The van der Waals surface area contributed by atoms with Crippen molar-refractivity contribution >= 4 is 29.2 Å². The fraction of sp³-hybridized carbons (Fsp3) is 0.477. The summed E-state index contributed by atoms with van der Waals surface area (Å²) < 4.78 is 9.76. The molecular formula is C44H60N8O3S. The van der Waals surface area contributed by atoms with E-state index in [1.54, 1.807) is 4.68 Å². The van der Waals surface area contributed by atoms with E-state index in [1.807, 2.05) is 67.6 Å². The molecule has 0 fully saturated rings. The second kappa shape index (κ2) is 18.9. The maximum absolute atomic E-state index is 14.6. The van der Waals surface area contributed by atoms with Crippen molar-refractivity contribution in [2.45, 2.75) is 134 Å². The molecule has 300 valence electrons. The molecular weight excluding hydrogens is 721 g/mol. The summed E-state index contributed by atoms with van der Waals surface area (Å²) >= 11 is 1.23. The monoisotopic (exact) mass is 780 g/mol. The number of nitrogens with zero attached hydrogens (tertiary/aromatic N) is 6. The number of aromatic amines is 1. The molecule has 0 aliphatic carbocycles. The van der Waals surface area contributed by atoms with Gasteiger partial charge in [-0.2, -0.15) is 4.68 Å². The molecule has 12 heteroatoms. The first-order chi connectivity index (χ1) is 26.9. The van der Waals surface area contributed by atoms with E-state index in [-0.39, 0.29) is 22.3 Å². The van der Waals surface area contributed by atoms with Crippen LogP contribution in [0.5, 0.6) is 5.75 Å². The minimum Gasteiger partial charge on any atom is -0.480 e. The van der Waals surface area contributed by atoms with E-state index < -0.39 is 6.10 Å². The van der Waals surface area contributed by atoms with Gasteiger partial charge in [-0.15, -0.1) is 5.10 Å². The van der Waals surface area contributed by atoms with E-state index in [2.05, 4.69) is 98.4 Å². The normalized spacial score (nSPS) is 12.4. The highest BCUT2D eigenvalue weighted by molar-refractivity contribution is 7.99. The predicted octanol–water partition coefficient (Wildman–Crippen LogP) is 9.87. The van der Waals surface area contributed by atoms with Crippen molar-refractivity contribution in [1.29, 1.82) is 0 Å². The summed E-state index contributed by atoms with van der Waals surface area (Å²) in [6.07, 6.45) is 5.55. The number of rotatable bonds is 20. The predicted molar refractivity (Wildman–Crippen MR) is 228 cm³/mol. The van der Waals surface area contributed by atoms with Crippen LogP contribution < -0.4 is 20.5 Å². The van der Waals surface area contributed by atoms with E-state index in [9.17, 15) is 9.59 Å². The average molecular weight is 781 g/mol. The molecule has 0 saturated carbocycles. The molecule has 2 heterocycles. The number of ether oxygens (including phenoxy) is 1. The Morgan fingerprint density at radius 3 is 2.20 bits per heavy atom. The first-order valence-electron chi connectivity index (χ1n) is 20.2. The van der Waals surface area contributed by atoms with Crippen LogP contribution in [0.3, 0.4) is 0 Å². The summed E-state index contributed by atoms with van der Waals surface area (Å²) in [5, 5.41) is 19.6. The van der Waals surface area contributed by atoms with Crippen molar-refractivity contribution in [2.24, 2.45) is 0 Å². The fourth-order valence-electron chi connectivity index (χ4n) is 6.42. The highest BCUT2D eigenvalue weighted by Gasteiger charge is 2.30. The Bertz CT molecular complexity index is 2090. The second-order valence-electron chi connectivity index (χ2n) is 15.6. The highest BCUT2D eigenvalue weighted by Crippen LogP contribution is 2.39. The Hall–Kier alpha value is -4.84. The number of hydrogen-bond donors (Lipinski definition) is 2. The third-order valence-corrected chi connectivity index (χ3v) is 11.9. The number of unbranched alkanes of at least 4 members (excludes halogenated alkanes) is 2. The van der Waals surface area contributed by atoms with Gasteiger partial charge in [-0.25, -0.2) is 4.68 Å². The van der Waals surface area contributed by atoms with Gasteiger partial charge in [-0.3, -0.25) is 14.7 Å². The van der Waals surface area contributed by atoms with Gasteiger partial charge in [0.1, 0.15) is 16.5 Å². The lowest BCUT2D eigenvalue weighted by Crippen LogP contribution is -2.34. The van der Waals surface area contributed by atoms with Crippen LogP contribution in [-0.2, 0) is 15.6 Å². The number of anilines is 2. The average Bonchev–Trinajstić information content (AvgIpc) is 3.81. The zero-order chi connectivity index (χ0) is 40.5. The summed E-state index contributed by atoms with van der Waals surface area (Å²) in [5.74, 6) is 1.12. The molecule has 1 unspecified atom stereocenters. The third kappa shape index (κ3) is 9.57. The Morgan fingerprint density at radius 2 is 1.55 bits per heavy atom. The van der Waals surface area contributed by atoms with E-state index >= 15 is 0 Å². The smallest absolute Gasteiger partial charge is 0.287 e. The van der Waals surface area contributed by atoms with E-state index in [0.29, 0.717) is 39.4 Å². The Labute approximate surface area is 336 Å². The maximum Gasteiger partial charge on any atom is 0.287 e. The Balaban J connectivity index is 1.52. The summed E-state index contributed by atoms with van der Waals surface area (Å²) in [6.45, 7) is 21.2. The van der Waals surface area contributed by atoms with Gasteiger partial charge in [-0.05, 0) is 101 Å². The molecule has 3 aromatic carbocycles. The minimum atomic E-state index is -0.767. The standard InChI is InChI=1S/C44H60N8O3S/c1-10-15-28-50(29-16-11-2)39-38(56-42-46-48-49-51(42)32-22-18-17-19-23-32)41(54)52(47-39)35-25-21-20-24-34(35)45-40(53)36(12-3)55-37-27-26-31(43(6,7)13-4)30-33(37)44(8,9)14-5/h17-27,30,36,47H,10-16,28-29H2,1-9H3,(H,45,53). The van der Waals surface area contributed by atoms with Crippen molar-refractivity contribution in [3.8, 4) is 17.1 Å². The van der Waals surface area contributed by atoms with Gasteiger partial charge in [0, 0.05) is 18.7 Å². The topological polar surface area (TPSA) is 123 Å². The van der Waals surface area contributed by atoms with Crippen LogP contribution >= 0.6 is 11.8 Å². The van der Waals surface area contributed by atoms with Gasteiger partial charge in [0.05, 0.1) is 17.1 Å². The van der Waals surface area contributed by atoms with Crippen LogP contribution in [0.2, 0.25) is 0 Å². The van der Waals surface area contributed by atoms with Crippen molar-refractivity contribution in [1.82, 2.24) is 30.0 Å². The lowest BCUT2D eigenvalue weighted by Gasteiger charge is -2.31. The zero-order valence-electron chi connectivity index (χ0n) is 34.7. The second-order valence-corrected chi connectivity index (χ2v) is 16.6. The fourth-order valence-corrected chi connectivity index (χ4v) is 7.36. The van der Waals surface area contributed by atoms with E-state index in [1.165, 1.54) is 22.0 Å². The van der Waals surface area contributed by atoms with Gasteiger partial charge in [-0.1, -0.05) is 118 Å². The number of nitrogens with one attached hydrogen (secondary N) is 2. The molecule has 0 radical (unpaired) electrons. The van der Waals surface area contributed by atoms with Gasteiger partial charge < -0.3 is 15.0 Å². The van der Waals surface area contributed by atoms with Crippen molar-refractivity contribution in [3.05, 3.63) is 94.3 Å². The van der Waals surface area contributed by atoms with Gasteiger partial charge >= 0.3 is 0 Å². The molecule has 5 rings (SSSR count). The number of aromatic nitrogens is 6. The first-order valence-corrected chi connectivity index (χ1v) is 21.0. The molecule has 2 aromatic heterocycles. The zero-order valence-corrected chi connectivity index (χ0v) is 35.5. The van der Waals surface area contributed by atoms with Crippen molar-refractivity contribution in [3.63, 3.8) is 0 Å². The summed E-state index contributed by atoms with van der Waals surface area (Å²) in [6, 6.07) is 23.4. The van der Waals surface area contributed by atoms with Crippen molar-refractivity contribution < 1.29 is 9.53 Å². The quantitative estimate of drug-likeness (QED) is 0.0801. The number of carbonyl (C=O) groups is 1.